The molecule has 1 aromatic carbocycles. The van der Waals surface area contributed by atoms with Gasteiger partial charge in [-0.1, -0.05) is 35.6 Å². The average Bonchev–Trinajstić information content (AvgIpc) is 3.43. The van der Waals surface area contributed by atoms with E-state index in [1.165, 1.54) is 27.0 Å². The second kappa shape index (κ2) is 7.05. The van der Waals surface area contributed by atoms with Gasteiger partial charge in [0.25, 0.3) is 0 Å². The summed E-state index contributed by atoms with van der Waals surface area (Å²) < 4.78 is 12.4. The lowest BCUT2D eigenvalue weighted by atomic mass is 9.98. The van der Waals surface area contributed by atoms with E-state index in [4.69, 9.17) is 9.15 Å². The van der Waals surface area contributed by atoms with Gasteiger partial charge in [0, 0.05) is 13.1 Å². The normalized spacial score (nSPS) is 16.6. The van der Waals surface area contributed by atoms with E-state index in [1.807, 2.05) is 12.1 Å². The number of aromatic hydroxyl groups is 1. The SMILES string of the molecule is Cc1ccccc1C(c1sc2nc(-c3ccco3)nn2c1O)N1CCOCC1. The van der Waals surface area contributed by atoms with Crippen molar-refractivity contribution in [2.75, 3.05) is 26.3 Å². The van der Waals surface area contributed by atoms with Crippen molar-refractivity contribution in [2.24, 2.45) is 0 Å². The Morgan fingerprint density at radius 3 is 2.68 bits per heavy atom. The number of aryl methyl sites for hydroxylation is 1. The average molecular weight is 396 g/mol. The van der Waals surface area contributed by atoms with Crippen LogP contribution < -0.4 is 0 Å². The van der Waals surface area contributed by atoms with Crippen molar-refractivity contribution < 1.29 is 14.3 Å². The van der Waals surface area contributed by atoms with Gasteiger partial charge in [0.1, 0.15) is 0 Å². The number of morpholine rings is 1. The number of thiazole rings is 1. The van der Waals surface area contributed by atoms with Crippen LogP contribution in [0.1, 0.15) is 22.0 Å². The van der Waals surface area contributed by atoms with Crippen molar-refractivity contribution in [3.63, 3.8) is 0 Å². The van der Waals surface area contributed by atoms with Crippen molar-refractivity contribution in [3.05, 3.63) is 58.7 Å². The minimum Gasteiger partial charge on any atom is -0.492 e. The molecule has 1 N–H and O–H groups in total. The Bertz CT molecular complexity index is 1100. The highest BCUT2D eigenvalue weighted by molar-refractivity contribution is 7.17. The van der Waals surface area contributed by atoms with Crippen molar-refractivity contribution in [1.82, 2.24) is 19.5 Å². The fourth-order valence-electron chi connectivity index (χ4n) is 3.67. The highest BCUT2D eigenvalue weighted by Gasteiger charge is 2.31. The zero-order valence-corrected chi connectivity index (χ0v) is 16.2. The maximum absolute atomic E-state index is 11.0. The molecule has 0 aliphatic carbocycles. The molecule has 8 heteroatoms. The standard InChI is InChI=1S/C20H20N4O3S/c1-13-5-2-3-6-14(13)16(23-8-11-26-12-9-23)17-19(25)24-20(28-17)21-18(22-24)15-7-4-10-27-15/h2-7,10,16,25H,8-9,11-12H2,1H3. The number of fused-ring (bicyclic) bond motifs is 1. The smallest absolute Gasteiger partial charge is 0.230 e. The molecule has 7 nitrogen and oxygen atoms in total. The van der Waals surface area contributed by atoms with Gasteiger partial charge in [-0.3, -0.25) is 4.90 Å². The zero-order chi connectivity index (χ0) is 19.1. The van der Waals surface area contributed by atoms with E-state index in [2.05, 4.69) is 34.0 Å². The van der Waals surface area contributed by atoms with E-state index in [0.717, 1.165) is 18.0 Å². The van der Waals surface area contributed by atoms with Crippen LogP contribution in [-0.2, 0) is 4.74 Å². The minimum absolute atomic E-state index is 0.0642. The number of hydrogen-bond donors (Lipinski definition) is 1. The molecule has 0 saturated carbocycles. The lowest BCUT2D eigenvalue weighted by molar-refractivity contribution is 0.0240. The van der Waals surface area contributed by atoms with Crippen LogP contribution in [0.4, 0.5) is 0 Å². The van der Waals surface area contributed by atoms with Crippen LogP contribution in [0, 0.1) is 6.92 Å². The number of rotatable bonds is 4. The molecule has 1 fully saturated rings. The van der Waals surface area contributed by atoms with Gasteiger partial charge in [-0.05, 0) is 30.2 Å². The molecule has 1 unspecified atom stereocenters. The first-order valence-corrected chi connectivity index (χ1v) is 10.0. The third-order valence-corrected chi connectivity index (χ3v) is 6.16. The predicted octanol–water partition coefficient (Wildman–Crippen LogP) is 3.49. The maximum Gasteiger partial charge on any atom is 0.230 e. The highest BCUT2D eigenvalue weighted by Crippen LogP contribution is 2.41. The number of nitrogens with zero attached hydrogens (tertiary/aromatic N) is 4. The third kappa shape index (κ3) is 2.90. The first kappa shape index (κ1) is 17.4. The van der Waals surface area contributed by atoms with Crippen LogP contribution in [0.3, 0.4) is 0 Å². The van der Waals surface area contributed by atoms with Crippen molar-refractivity contribution in [2.45, 2.75) is 13.0 Å². The minimum atomic E-state index is -0.0642. The molecule has 0 amide bonds. The molecule has 1 atom stereocenters. The Morgan fingerprint density at radius 1 is 1.14 bits per heavy atom. The Labute approximate surface area is 165 Å². The summed E-state index contributed by atoms with van der Waals surface area (Å²) in [4.78, 5) is 8.39. The van der Waals surface area contributed by atoms with Gasteiger partial charge in [0.05, 0.1) is 30.4 Å². The lowest BCUT2D eigenvalue weighted by Gasteiger charge is -2.34. The number of benzene rings is 1. The Balaban J connectivity index is 1.62. The summed E-state index contributed by atoms with van der Waals surface area (Å²) in [7, 11) is 0. The Hall–Kier alpha value is -2.68. The molecule has 0 radical (unpaired) electrons. The fourth-order valence-corrected chi connectivity index (χ4v) is 4.78. The highest BCUT2D eigenvalue weighted by atomic mass is 32.1. The zero-order valence-electron chi connectivity index (χ0n) is 15.4. The molecule has 28 heavy (non-hydrogen) atoms. The second-order valence-corrected chi connectivity index (χ2v) is 7.81. The van der Waals surface area contributed by atoms with Gasteiger partial charge in [0.15, 0.2) is 5.76 Å². The molecule has 1 aliphatic heterocycles. The molecule has 4 heterocycles. The number of hydrogen-bond acceptors (Lipinski definition) is 7. The predicted molar refractivity (Wildman–Crippen MR) is 106 cm³/mol. The first-order chi connectivity index (χ1) is 13.7. The van der Waals surface area contributed by atoms with Gasteiger partial charge < -0.3 is 14.3 Å². The molecular weight excluding hydrogens is 376 g/mol. The molecular formula is C20H20N4O3S. The van der Waals surface area contributed by atoms with E-state index < -0.39 is 0 Å². The molecule has 144 valence electrons. The van der Waals surface area contributed by atoms with Gasteiger partial charge in [0.2, 0.25) is 16.7 Å². The molecule has 1 saturated heterocycles. The van der Waals surface area contributed by atoms with E-state index in [0.29, 0.717) is 29.8 Å². The summed E-state index contributed by atoms with van der Waals surface area (Å²) >= 11 is 1.46. The van der Waals surface area contributed by atoms with Crippen molar-refractivity contribution in [1.29, 1.82) is 0 Å². The van der Waals surface area contributed by atoms with Crippen LogP contribution >= 0.6 is 11.3 Å². The Kier molecular flexibility index (Phi) is 4.38. The number of aromatic nitrogens is 3. The van der Waals surface area contributed by atoms with E-state index in [1.54, 1.807) is 18.4 Å². The maximum atomic E-state index is 11.0. The summed E-state index contributed by atoms with van der Waals surface area (Å²) in [5.74, 6) is 1.18. The van der Waals surface area contributed by atoms with E-state index >= 15 is 0 Å². The van der Waals surface area contributed by atoms with Crippen LogP contribution in [-0.4, -0.2) is 50.9 Å². The van der Waals surface area contributed by atoms with E-state index in [-0.39, 0.29) is 11.9 Å². The largest absolute Gasteiger partial charge is 0.492 e. The summed E-state index contributed by atoms with van der Waals surface area (Å²) in [5.41, 5.74) is 2.36. The van der Waals surface area contributed by atoms with Gasteiger partial charge in [-0.25, -0.2) is 0 Å². The lowest BCUT2D eigenvalue weighted by Crippen LogP contribution is -2.39. The van der Waals surface area contributed by atoms with Crippen LogP contribution in [0.15, 0.2) is 47.1 Å². The molecule has 3 aromatic heterocycles. The van der Waals surface area contributed by atoms with E-state index in [9.17, 15) is 5.11 Å². The number of furan rings is 1. The van der Waals surface area contributed by atoms with Crippen molar-refractivity contribution >= 4 is 16.3 Å². The summed E-state index contributed by atoms with van der Waals surface area (Å²) in [5, 5.41) is 15.5. The Morgan fingerprint density at radius 2 is 1.96 bits per heavy atom. The summed E-state index contributed by atoms with van der Waals surface area (Å²) in [6.07, 6.45) is 1.59. The number of ether oxygens (including phenoxy) is 1. The molecule has 1 aliphatic rings. The van der Waals surface area contributed by atoms with Gasteiger partial charge >= 0.3 is 0 Å². The summed E-state index contributed by atoms with van der Waals surface area (Å²) in [6, 6.07) is 11.8. The quantitative estimate of drug-likeness (QED) is 0.569. The molecule has 5 rings (SSSR count). The third-order valence-electron chi connectivity index (χ3n) is 5.08. The molecule has 0 spiro atoms. The first-order valence-electron chi connectivity index (χ1n) is 9.22. The topological polar surface area (TPSA) is 76.0 Å². The van der Waals surface area contributed by atoms with Crippen LogP contribution in [0.5, 0.6) is 5.88 Å². The summed E-state index contributed by atoms with van der Waals surface area (Å²) in [6.45, 7) is 5.10. The van der Waals surface area contributed by atoms with Crippen molar-refractivity contribution in [3.8, 4) is 17.5 Å². The second-order valence-electron chi connectivity index (χ2n) is 6.80. The van der Waals surface area contributed by atoms with Gasteiger partial charge in [-0.15, -0.1) is 5.10 Å². The monoisotopic (exact) mass is 396 g/mol. The molecule has 0 bridgehead atoms. The van der Waals surface area contributed by atoms with Crippen LogP contribution in [0.25, 0.3) is 16.5 Å². The van der Waals surface area contributed by atoms with Gasteiger partial charge in [-0.2, -0.15) is 9.50 Å². The fraction of sp³-hybridized carbons (Fsp3) is 0.300. The van der Waals surface area contributed by atoms with Crippen LogP contribution in [0.2, 0.25) is 0 Å². The molecule has 4 aromatic rings.